The van der Waals surface area contributed by atoms with E-state index in [-0.39, 0.29) is 0 Å². The number of rotatable bonds is 1. The average molecular weight is 214 g/mol. The molecule has 2 rings (SSSR count). The maximum Gasteiger partial charge on any atom is 0.155 e. The molecule has 0 N–H and O–H groups in total. The van der Waals surface area contributed by atoms with Gasteiger partial charge in [0.1, 0.15) is 5.15 Å². The second-order valence-electron chi connectivity index (χ2n) is 2.42. The van der Waals surface area contributed by atoms with Crippen LogP contribution in [0.25, 0.3) is 5.82 Å². The van der Waals surface area contributed by atoms with Crippen molar-refractivity contribution in [3.63, 3.8) is 0 Å². The van der Waals surface area contributed by atoms with Gasteiger partial charge in [-0.3, -0.25) is 0 Å². The molecule has 0 spiro atoms. The quantitative estimate of drug-likeness (QED) is 0.683. The molecule has 66 valence electrons. The number of nitrogens with zero attached hydrogens (tertiary/aromatic N) is 3. The first-order valence-electron chi connectivity index (χ1n) is 3.59. The second-order valence-corrected chi connectivity index (χ2v) is 3.25. The van der Waals surface area contributed by atoms with Gasteiger partial charge in [0, 0.05) is 0 Å². The smallest absolute Gasteiger partial charge is 0.155 e. The van der Waals surface area contributed by atoms with E-state index in [1.807, 2.05) is 0 Å². The van der Waals surface area contributed by atoms with Crippen LogP contribution in [0, 0.1) is 0 Å². The molecule has 0 aliphatic rings. The molecular weight excluding hydrogens is 209 g/mol. The fourth-order valence-corrected chi connectivity index (χ4v) is 1.25. The molecule has 13 heavy (non-hydrogen) atoms. The van der Waals surface area contributed by atoms with Gasteiger partial charge in [0.15, 0.2) is 5.82 Å². The minimum absolute atomic E-state index is 0.434. The summed E-state index contributed by atoms with van der Waals surface area (Å²) in [5.74, 6) is 0.652. The van der Waals surface area contributed by atoms with Crippen molar-refractivity contribution in [1.82, 2.24) is 14.8 Å². The van der Waals surface area contributed by atoms with Crippen LogP contribution >= 0.6 is 23.2 Å². The molecule has 2 heterocycles. The molecule has 0 saturated carbocycles. The topological polar surface area (TPSA) is 30.7 Å². The molecule has 0 unspecified atom stereocenters. The van der Waals surface area contributed by atoms with Gasteiger partial charge in [0.05, 0.1) is 17.4 Å². The molecule has 3 nitrogen and oxygen atoms in total. The molecule has 0 radical (unpaired) electrons. The van der Waals surface area contributed by atoms with Gasteiger partial charge in [-0.1, -0.05) is 29.3 Å². The molecule has 0 bridgehead atoms. The molecule has 0 amide bonds. The van der Waals surface area contributed by atoms with Gasteiger partial charge in [0.25, 0.3) is 0 Å². The molecular formula is C8H5Cl2N3. The highest BCUT2D eigenvalue weighted by Crippen LogP contribution is 2.11. The van der Waals surface area contributed by atoms with E-state index in [2.05, 4.69) is 10.1 Å². The fourth-order valence-electron chi connectivity index (χ4n) is 0.951. The van der Waals surface area contributed by atoms with E-state index in [0.717, 1.165) is 0 Å². The van der Waals surface area contributed by atoms with Gasteiger partial charge < -0.3 is 0 Å². The number of hydrogen-bond acceptors (Lipinski definition) is 2. The molecule has 5 heteroatoms. The normalized spacial score (nSPS) is 10.3. The molecule has 0 aliphatic heterocycles. The number of pyridine rings is 1. The van der Waals surface area contributed by atoms with E-state index >= 15 is 0 Å². The standard InChI is InChI=1S/C8H5Cl2N3/c9-6-4-11-13(5-6)8-3-1-2-7(10)12-8/h1-5H. The first-order valence-corrected chi connectivity index (χ1v) is 4.34. The SMILES string of the molecule is Clc1cnn(-c2cccc(Cl)n2)c1. The fraction of sp³-hybridized carbons (Fsp3) is 0. The summed E-state index contributed by atoms with van der Waals surface area (Å²) in [6, 6.07) is 5.31. The molecule has 2 aromatic heterocycles. The summed E-state index contributed by atoms with van der Waals surface area (Å²) >= 11 is 11.4. The Balaban J connectivity index is 2.46. The maximum absolute atomic E-state index is 5.72. The van der Waals surface area contributed by atoms with Gasteiger partial charge in [0.2, 0.25) is 0 Å². The Morgan fingerprint density at radius 1 is 1.23 bits per heavy atom. The zero-order valence-corrected chi connectivity index (χ0v) is 8.00. The summed E-state index contributed by atoms with van der Waals surface area (Å²) in [7, 11) is 0. The van der Waals surface area contributed by atoms with Crippen molar-refractivity contribution in [3.8, 4) is 5.82 Å². The molecule has 0 fully saturated rings. The Hall–Kier alpha value is -1.06. The van der Waals surface area contributed by atoms with Crippen LogP contribution in [0.3, 0.4) is 0 Å². The summed E-state index contributed by atoms with van der Waals surface area (Å²) in [4.78, 5) is 4.06. The van der Waals surface area contributed by atoms with Crippen LogP contribution in [-0.2, 0) is 0 Å². The van der Waals surface area contributed by atoms with E-state index in [1.165, 1.54) is 0 Å². The van der Waals surface area contributed by atoms with Crippen molar-refractivity contribution in [1.29, 1.82) is 0 Å². The lowest BCUT2D eigenvalue weighted by Crippen LogP contribution is -1.96. The van der Waals surface area contributed by atoms with Gasteiger partial charge in [-0.25, -0.2) is 9.67 Å². The minimum Gasteiger partial charge on any atom is -0.221 e. The van der Waals surface area contributed by atoms with Gasteiger partial charge >= 0.3 is 0 Å². The van der Waals surface area contributed by atoms with Crippen molar-refractivity contribution in [2.45, 2.75) is 0 Å². The van der Waals surface area contributed by atoms with Crippen molar-refractivity contribution in [2.24, 2.45) is 0 Å². The number of hydrogen-bond donors (Lipinski definition) is 0. The van der Waals surface area contributed by atoms with E-state index in [9.17, 15) is 0 Å². The average Bonchev–Trinajstić information content (AvgIpc) is 2.52. The highest BCUT2D eigenvalue weighted by molar-refractivity contribution is 6.30. The first-order chi connectivity index (χ1) is 6.25. The van der Waals surface area contributed by atoms with Crippen LogP contribution in [-0.4, -0.2) is 14.8 Å². The van der Waals surface area contributed by atoms with E-state index < -0.39 is 0 Å². The van der Waals surface area contributed by atoms with E-state index in [0.29, 0.717) is 16.0 Å². The Kier molecular flexibility index (Phi) is 2.20. The first kappa shape index (κ1) is 8.53. The third-order valence-corrected chi connectivity index (χ3v) is 1.89. The lowest BCUT2D eigenvalue weighted by molar-refractivity contribution is 0.847. The van der Waals surface area contributed by atoms with Crippen molar-refractivity contribution >= 4 is 23.2 Å². The summed E-state index contributed by atoms with van der Waals surface area (Å²) in [6.45, 7) is 0. The van der Waals surface area contributed by atoms with Gasteiger partial charge in [-0.2, -0.15) is 5.10 Å². The van der Waals surface area contributed by atoms with Crippen LogP contribution < -0.4 is 0 Å². The zero-order chi connectivity index (χ0) is 9.26. The third-order valence-electron chi connectivity index (χ3n) is 1.49. The molecule has 0 aliphatic carbocycles. The van der Waals surface area contributed by atoms with Crippen LogP contribution in [0.15, 0.2) is 30.6 Å². The summed E-state index contributed by atoms with van der Waals surface area (Å²) < 4.78 is 1.56. The third kappa shape index (κ3) is 1.82. The lowest BCUT2D eigenvalue weighted by Gasteiger charge is -1.98. The summed E-state index contributed by atoms with van der Waals surface area (Å²) in [5, 5.41) is 5.00. The Morgan fingerprint density at radius 3 is 2.69 bits per heavy atom. The Morgan fingerprint density at radius 2 is 2.08 bits per heavy atom. The predicted octanol–water partition coefficient (Wildman–Crippen LogP) is 2.57. The van der Waals surface area contributed by atoms with Crippen molar-refractivity contribution < 1.29 is 0 Å². The highest BCUT2D eigenvalue weighted by Gasteiger charge is 2.00. The molecule has 0 atom stereocenters. The number of halogens is 2. The lowest BCUT2D eigenvalue weighted by atomic mass is 10.5. The van der Waals surface area contributed by atoms with Gasteiger partial charge in [-0.05, 0) is 12.1 Å². The zero-order valence-electron chi connectivity index (χ0n) is 6.48. The Bertz CT molecular complexity index is 425. The van der Waals surface area contributed by atoms with Crippen molar-refractivity contribution in [2.75, 3.05) is 0 Å². The highest BCUT2D eigenvalue weighted by atomic mass is 35.5. The van der Waals surface area contributed by atoms with E-state index in [1.54, 1.807) is 35.3 Å². The van der Waals surface area contributed by atoms with Crippen LogP contribution in [0.1, 0.15) is 0 Å². The van der Waals surface area contributed by atoms with E-state index in [4.69, 9.17) is 23.2 Å². The Labute approximate surface area is 84.9 Å². The predicted molar refractivity (Wildman–Crippen MR) is 51.4 cm³/mol. The van der Waals surface area contributed by atoms with Crippen LogP contribution in [0.2, 0.25) is 10.2 Å². The van der Waals surface area contributed by atoms with Crippen molar-refractivity contribution in [3.05, 3.63) is 40.8 Å². The van der Waals surface area contributed by atoms with Crippen LogP contribution in [0.4, 0.5) is 0 Å². The maximum atomic E-state index is 5.72. The van der Waals surface area contributed by atoms with Gasteiger partial charge in [-0.15, -0.1) is 0 Å². The molecule has 0 saturated heterocycles. The summed E-state index contributed by atoms with van der Waals surface area (Å²) in [5.41, 5.74) is 0. The molecule has 2 aromatic rings. The number of aromatic nitrogens is 3. The largest absolute Gasteiger partial charge is 0.221 e. The second kappa shape index (κ2) is 3.36. The summed E-state index contributed by atoms with van der Waals surface area (Å²) in [6.07, 6.45) is 3.21. The van der Waals surface area contributed by atoms with Crippen LogP contribution in [0.5, 0.6) is 0 Å². The monoisotopic (exact) mass is 213 g/mol. The molecule has 0 aromatic carbocycles. The minimum atomic E-state index is 0.434.